The third kappa shape index (κ3) is 21.6. The van der Waals surface area contributed by atoms with E-state index in [0.29, 0.717) is 35.3 Å². The number of methoxy groups -OCH3 is 1. The quantitative estimate of drug-likeness (QED) is 0.0141. The van der Waals surface area contributed by atoms with Crippen LogP contribution in [0, 0.1) is 5.92 Å². The molecular weight excluding hydrogens is 1290 g/mol. The van der Waals surface area contributed by atoms with Crippen molar-refractivity contribution >= 4 is 65.0 Å². The average molecular weight is 1380 g/mol. The number of benzene rings is 3. The van der Waals surface area contributed by atoms with Crippen LogP contribution in [0.15, 0.2) is 66.7 Å². The van der Waals surface area contributed by atoms with Gasteiger partial charge in [-0.15, -0.1) is 10.2 Å². The fourth-order valence-electron chi connectivity index (χ4n) is 11.4. The highest BCUT2D eigenvalue weighted by molar-refractivity contribution is 7.90. The standard InChI is InChI=1S/C63H89N11O20S2/c1-35-33-74-53(54(35)81)59(86)66-32-41(76)30-44(67-55(82)38-13-15-39(16-14-38)60-71-72-61(95-60)40-17-19-43(20-18-40)91-27-11-6-4-5-10-26-90-3)56(83)68-50(36(2)75)62(87)73-34-42(77)31-45(73)57(84)69-51(48(80)28-37-12-21-46(78)49(29-37)92-96-94-93-89)58(85)70-52(63(74)88)47(79)22-25-65-24-9-7-8-23-64/h12-21,29,35-36,41-42,44-45,47-48,50-54,65,75-81,89H,4-11,22-28,30-34,64H2,1-3H3,(H,66,86)(H,67,82)(H,68,83)(H,69,84)(H,70,85)/t35-,36+,41+,42+,44+,45+,47-,48-,50+,51+,52+,53+,54+/m1/s1. The number of β-amino-alcohol motifs (C(OH)–C–C–N with tert-alkyl or cyclic N) is 1. The van der Waals surface area contributed by atoms with Crippen molar-refractivity contribution in [1.29, 1.82) is 0 Å². The van der Waals surface area contributed by atoms with Crippen molar-refractivity contribution in [3.8, 4) is 38.4 Å². The molecule has 3 saturated heterocycles. The van der Waals surface area contributed by atoms with Gasteiger partial charge >= 0.3 is 0 Å². The van der Waals surface area contributed by atoms with Crippen LogP contribution in [-0.4, -0.2) is 235 Å². The predicted molar refractivity (Wildman–Crippen MR) is 348 cm³/mol. The summed E-state index contributed by atoms with van der Waals surface area (Å²) in [6.07, 6.45) is -4.52. The topological polar surface area (TPSA) is 458 Å². The Balaban J connectivity index is 1.16. The number of fused-ring (bicyclic) bond motifs is 2. The molecule has 7 amide bonds. The Morgan fingerprint density at radius 3 is 2.06 bits per heavy atom. The normalized spacial score (nSPS) is 24.2. The van der Waals surface area contributed by atoms with Crippen LogP contribution in [0.2, 0.25) is 0 Å². The summed E-state index contributed by atoms with van der Waals surface area (Å²) < 4.78 is 20.5. The van der Waals surface area contributed by atoms with Crippen LogP contribution in [0.25, 0.3) is 21.1 Å². The van der Waals surface area contributed by atoms with Crippen molar-refractivity contribution < 1.29 is 97.6 Å². The van der Waals surface area contributed by atoms with Crippen LogP contribution < -0.4 is 46.6 Å². The van der Waals surface area contributed by atoms with E-state index in [0.717, 1.165) is 92.1 Å². The lowest BCUT2D eigenvalue weighted by Crippen LogP contribution is -2.64. The Kier molecular flexibility index (Phi) is 30.2. The molecule has 7 rings (SSSR count). The van der Waals surface area contributed by atoms with Crippen LogP contribution in [0.5, 0.6) is 17.2 Å². The summed E-state index contributed by atoms with van der Waals surface area (Å²) in [7, 11) is 1.70. The number of carbonyl (C=O) groups excluding carboxylic acids is 7. The highest BCUT2D eigenvalue weighted by Gasteiger charge is 2.50. The van der Waals surface area contributed by atoms with Gasteiger partial charge in [0.1, 0.15) is 52.0 Å². The number of phenols is 1. The molecule has 0 unspecified atom stereocenters. The molecule has 4 heterocycles. The summed E-state index contributed by atoms with van der Waals surface area (Å²) in [5.41, 5.74) is 7.20. The molecule has 0 aliphatic carbocycles. The number of amides is 7. The van der Waals surface area contributed by atoms with E-state index in [1.165, 1.54) is 42.5 Å². The van der Waals surface area contributed by atoms with Crippen LogP contribution in [0.3, 0.4) is 0 Å². The number of aromatic nitrogens is 2. The first-order chi connectivity index (χ1) is 46.1. The third-order valence-corrected chi connectivity index (χ3v) is 18.1. The molecular formula is C63H89N11O20S2. The zero-order chi connectivity index (χ0) is 69.4. The minimum Gasteiger partial charge on any atom is -0.504 e. The molecule has 0 bridgehead atoms. The van der Waals surface area contributed by atoms with Gasteiger partial charge in [-0.1, -0.05) is 71.5 Å². The van der Waals surface area contributed by atoms with E-state index in [9.17, 15) is 64.5 Å². The molecule has 16 N–H and O–H groups in total. The molecule has 0 saturated carbocycles. The van der Waals surface area contributed by atoms with E-state index in [1.807, 2.05) is 24.3 Å². The summed E-state index contributed by atoms with van der Waals surface area (Å²) >= 11 is 1.39. The Morgan fingerprint density at radius 2 is 1.39 bits per heavy atom. The Bertz CT molecular complexity index is 3170. The van der Waals surface area contributed by atoms with Gasteiger partial charge in [0.15, 0.2) is 11.5 Å². The Labute approximate surface area is 563 Å². The monoisotopic (exact) mass is 1380 g/mol. The van der Waals surface area contributed by atoms with E-state index in [1.54, 1.807) is 19.2 Å². The lowest BCUT2D eigenvalue weighted by molar-refractivity contribution is -0.433. The fraction of sp³-hybridized carbons (Fsp3) is 0.571. The van der Waals surface area contributed by atoms with Gasteiger partial charge in [-0.3, -0.25) is 33.6 Å². The van der Waals surface area contributed by atoms with Crippen molar-refractivity contribution in [2.75, 3.05) is 59.6 Å². The third-order valence-electron chi connectivity index (χ3n) is 16.8. The molecule has 528 valence electrons. The number of aliphatic hydroxyl groups excluding tert-OH is 6. The maximum absolute atomic E-state index is 15.0. The fourth-order valence-corrected chi connectivity index (χ4v) is 12.5. The second-order valence-electron chi connectivity index (χ2n) is 24.1. The number of nitrogens with zero attached hydrogens (tertiary/aromatic N) is 4. The number of carbonyl (C=O) groups is 7. The molecule has 3 aliphatic heterocycles. The first-order valence-electron chi connectivity index (χ1n) is 32.0. The first kappa shape index (κ1) is 76.2. The predicted octanol–water partition coefficient (Wildman–Crippen LogP) is -0.0262. The number of nitrogens with two attached hydrogens (primary N) is 1. The zero-order valence-electron chi connectivity index (χ0n) is 53.7. The summed E-state index contributed by atoms with van der Waals surface area (Å²) in [6, 6.07) is 6.13. The molecule has 0 spiro atoms. The van der Waals surface area contributed by atoms with Gasteiger partial charge in [-0.25, -0.2) is 5.26 Å². The number of nitrogens with one attached hydrogen (secondary N) is 6. The van der Waals surface area contributed by atoms with E-state index < -0.39 is 158 Å². The van der Waals surface area contributed by atoms with Crippen molar-refractivity contribution in [2.45, 2.75) is 164 Å². The number of aliphatic hydroxyl groups is 6. The van der Waals surface area contributed by atoms with Gasteiger partial charge in [0.2, 0.25) is 35.4 Å². The van der Waals surface area contributed by atoms with Crippen molar-refractivity contribution in [3.05, 3.63) is 77.9 Å². The van der Waals surface area contributed by atoms with Gasteiger partial charge in [0.05, 0.1) is 43.2 Å². The SMILES string of the molecule is COCCCCCCCOc1ccc(-c2nnc(-c3ccc(C(=O)N[C@H]4C[C@H](O)CNC(=O)[C@@H]5[C@@H](O)[C@H](C)CN5C(=O)[C@H]([C@H](O)CCNCCCCCN)NC(=O)[C@H]([C@H](O)Cc5ccc(O)c(OSOOO)c5)NC(=O)[C@@H]5C[C@H](O)CN5C(=O)[C@H]([C@H](C)O)NC4=O)cc3)s2)cc1. The van der Waals surface area contributed by atoms with Crippen LogP contribution in [-0.2, 0) is 49.3 Å². The molecule has 3 aromatic carbocycles. The molecule has 13 atom stereocenters. The molecule has 0 radical (unpaired) electrons. The number of aromatic hydroxyl groups is 1. The summed E-state index contributed by atoms with van der Waals surface area (Å²) in [5, 5.41) is 117. The first-order valence-corrected chi connectivity index (χ1v) is 33.5. The van der Waals surface area contributed by atoms with Crippen LogP contribution in [0.4, 0.5) is 0 Å². The molecule has 3 fully saturated rings. The van der Waals surface area contributed by atoms with Gasteiger partial charge in [0, 0.05) is 75.2 Å². The molecule has 96 heavy (non-hydrogen) atoms. The Hall–Kier alpha value is -7.22. The van der Waals surface area contributed by atoms with E-state index in [4.69, 9.17) is 24.6 Å². The van der Waals surface area contributed by atoms with Gasteiger partial charge in [0.25, 0.3) is 18.2 Å². The van der Waals surface area contributed by atoms with Gasteiger partial charge in [-0.05, 0) is 113 Å². The smallest absolute Gasteiger partial charge is 0.261 e. The molecule has 33 heteroatoms. The number of ether oxygens (including phenoxy) is 2. The van der Waals surface area contributed by atoms with Crippen molar-refractivity contribution in [3.63, 3.8) is 0 Å². The number of rotatable bonds is 30. The second kappa shape index (κ2) is 38.1. The van der Waals surface area contributed by atoms with E-state index in [2.05, 4.69) is 51.5 Å². The number of hydrogen-bond acceptors (Lipinski definition) is 26. The van der Waals surface area contributed by atoms with Gasteiger partial charge < -0.3 is 96.8 Å². The minimum absolute atomic E-state index is 0.0236. The lowest BCUT2D eigenvalue weighted by atomic mass is 9.98. The maximum Gasteiger partial charge on any atom is 0.261 e. The largest absolute Gasteiger partial charge is 0.504 e. The summed E-state index contributed by atoms with van der Waals surface area (Å²) in [4.78, 5) is 104. The lowest BCUT2D eigenvalue weighted by Gasteiger charge is -2.34. The molecule has 4 aromatic rings. The second-order valence-corrected chi connectivity index (χ2v) is 25.5. The zero-order valence-corrected chi connectivity index (χ0v) is 55.3. The molecule has 3 aliphatic rings. The number of phenolic OH excluding ortho intramolecular Hbond substituents is 1. The molecule has 31 nitrogen and oxygen atoms in total. The highest BCUT2D eigenvalue weighted by atomic mass is 32.2. The highest BCUT2D eigenvalue weighted by Crippen LogP contribution is 2.33. The average Bonchev–Trinajstić information content (AvgIpc) is 1.62. The van der Waals surface area contributed by atoms with Crippen LogP contribution in [0.1, 0.15) is 100 Å². The molecule has 1 aromatic heterocycles. The van der Waals surface area contributed by atoms with E-state index >= 15 is 4.79 Å². The van der Waals surface area contributed by atoms with E-state index in [-0.39, 0.29) is 48.7 Å². The maximum atomic E-state index is 15.0. The summed E-state index contributed by atoms with van der Waals surface area (Å²) in [5.74, 6) is -8.50. The van der Waals surface area contributed by atoms with Crippen molar-refractivity contribution in [1.82, 2.24) is 51.9 Å². The summed E-state index contributed by atoms with van der Waals surface area (Å²) in [6.45, 7) is 3.57. The van der Waals surface area contributed by atoms with Crippen LogP contribution >= 0.6 is 23.7 Å². The number of unbranched alkanes of at least 4 members (excludes halogenated alkanes) is 6. The minimum atomic E-state index is -2.10. The Morgan fingerprint density at radius 1 is 0.740 bits per heavy atom. The number of hydrogen-bond donors (Lipinski definition) is 15. The van der Waals surface area contributed by atoms with Crippen molar-refractivity contribution in [2.24, 2.45) is 11.7 Å². The van der Waals surface area contributed by atoms with Gasteiger partial charge in [-0.2, -0.15) is 0 Å².